The molecule has 0 saturated carbocycles. The van der Waals surface area contributed by atoms with Crippen LogP contribution in [0.3, 0.4) is 0 Å². The van der Waals surface area contributed by atoms with Gasteiger partial charge < -0.3 is 10.3 Å². The molecule has 2 aromatic heterocycles. The summed E-state index contributed by atoms with van der Waals surface area (Å²) in [5.74, 6) is 0. The van der Waals surface area contributed by atoms with E-state index in [9.17, 15) is 0 Å². The highest BCUT2D eigenvalue weighted by atomic mass is 15.1. The molecule has 0 spiro atoms. The van der Waals surface area contributed by atoms with Crippen LogP contribution in [0.25, 0.3) is 0 Å². The minimum atomic E-state index is 0.0438. The molecule has 2 aromatic rings. The van der Waals surface area contributed by atoms with Crippen LogP contribution < -0.4 is 5.73 Å². The Morgan fingerprint density at radius 3 is 2.94 bits per heavy atom. The summed E-state index contributed by atoms with van der Waals surface area (Å²) in [4.78, 5) is 8.65. The molecule has 0 fully saturated rings. The smallest absolute Gasteiger partial charge is 0.0952 e. The molecule has 2 rings (SSSR count). The molecule has 2 heterocycles. The van der Waals surface area contributed by atoms with Gasteiger partial charge in [0.05, 0.1) is 24.3 Å². The van der Waals surface area contributed by atoms with Gasteiger partial charge in [-0.3, -0.25) is 4.98 Å². The Kier molecular flexibility index (Phi) is 3.54. The number of nitrogens with zero attached hydrogens (tertiary/aromatic N) is 3. The van der Waals surface area contributed by atoms with Crippen LogP contribution in [0.5, 0.6) is 0 Å². The van der Waals surface area contributed by atoms with Crippen molar-refractivity contribution in [1.82, 2.24) is 14.5 Å². The predicted molar refractivity (Wildman–Crippen MR) is 67.5 cm³/mol. The van der Waals surface area contributed by atoms with Gasteiger partial charge >= 0.3 is 0 Å². The van der Waals surface area contributed by atoms with Crippen molar-refractivity contribution in [2.75, 3.05) is 0 Å². The highest BCUT2D eigenvalue weighted by Crippen LogP contribution is 2.14. The Morgan fingerprint density at radius 1 is 1.41 bits per heavy atom. The van der Waals surface area contributed by atoms with Gasteiger partial charge in [-0.25, -0.2) is 4.98 Å². The normalized spacial score (nSPS) is 12.6. The number of aromatic nitrogens is 3. The number of nitrogens with two attached hydrogens (primary N) is 1. The Hall–Kier alpha value is -1.68. The van der Waals surface area contributed by atoms with E-state index in [0.29, 0.717) is 0 Å². The largest absolute Gasteiger partial charge is 0.327 e. The summed E-state index contributed by atoms with van der Waals surface area (Å²) in [6.45, 7) is 4.80. The van der Waals surface area contributed by atoms with Crippen LogP contribution in [0.15, 0.2) is 30.7 Å². The van der Waals surface area contributed by atoms with E-state index >= 15 is 0 Å². The molecule has 0 amide bonds. The van der Waals surface area contributed by atoms with E-state index in [4.69, 9.17) is 5.73 Å². The third-order valence-electron chi connectivity index (χ3n) is 2.84. The highest BCUT2D eigenvalue weighted by molar-refractivity contribution is 5.13. The number of hydrogen-bond donors (Lipinski definition) is 1. The van der Waals surface area contributed by atoms with Crippen LogP contribution in [-0.2, 0) is 6.54 Å². The Bertz CT molecular complexity index is 490. The van der Waals surface area contributed by atoms with E-state index in [-0.39, 0.29) is 6.04 Å². The minimum Gasteiger partial charge on any atom is -0.327 e. The molecule has 0 aliphatic rings. The third kappa shape index (κ3) is 2.71. The molecule has 4 nitrogen and oxygen atoms in total. The average molecular weight is 230 g/mol. The van der Waals surface area contributed by atoms with E-state index in [0.717, 1.165) is 30.0 Å². The van der Waals surface area contributed by atoms with Crippen molar-refractivity contribution in [3.05, 3.63) is 47.8 Å². The molecule has 0 aliphatic heterocycles. The summed E-state index contributed by atoms with van der Waals surface area (Å²) >= 11 is 0. The van der Waals surface area contributed by atoms with Crippen LogP contribution in [-0.4, -0.2) is 14.5 Å². The van der Waals surface area contributed by atoms with E-state index in [1.165, 1.54) is 0 Å². The first kappa shape index (κ1) is 11.8. The molecule has 1 atom stereocenters. The summed E-state index contributed by atoms with van der Waals surface area (Å²) in [6.07, 6.45) is 4.56. The van der Waals surface area contributed by atoms with Crippen molar-refractivity contribution in [2.24, 2.45) is 5.73 Å². The number of aryl methyl sites for hydroxylation is 1. The van der Waals surface area contributed by atoms with E-state index in [1.807, 2.05) is 37.6 Å². The monoisotopic (exact) mass is 230 g/mol. The summed E-state index contributed by atoms with van der Waals surface area (Å²) in [5, 5.41) is 0. The standard InChI is InChI=1S/C13H18N4/c1-3-12(14)13-7-15-9-17(13)8-11-6-4-5-10(2)16-11/h4-7,9,12H,3,8,14H2,1-2H3/t12-/m1/s1. The molecule has 0 bridgehead atoms. The Balaban J connectivity index is 2.22. The van der Waals surface area contributed by atoms with Crippen LogP contribution >= 0.6 is 0 Å². The average Bonchev–Trinajstić information content (AvgIpc) is 2.76. The molecule has 0 unspecified atom stereocenters. The van der Waals surface area contributed by atoms with Gasteiger partial charge in [0.1, 0.15) is 0 Å². The molecule has 0 aliphatic carbocycles. The van der Waals surface area contributed by atoms with Crippen LogP contribution in [0.4, 0.5) is 0 Å². The van der Waals surface area contributed by atoms with Gasteiger partial charge in [-0.15, -0.1) is 0 Å². The predicted octanol–water partition coefficient (Wildman–Crippen LogP) is 2.04. The zero-order chi connectivity index (χ0) is 12.3. The van der Waals surface area contributed by atoms with E-state index < -0.39 is 0 Å². The van der Waals surface area contributed by atoms with Gasteiger partial charge in [0.2, 0.25) is 0 Å². The summed E-state index contributed by atoms with van der Waals surface area (Å²) < 4.78 is 2.07. The van der Waals surface area contributed by atoms with Crippen molar-refractivity contribution >= 4 is 0 Å². The fourth-order valence-corrected chi connectivity index (χ4v) is 1.84. The molecule has 4 heteroatoms. The van der Waals surface area contributed by atoms with Crippen molar-refractivity contribution in [2.45, 2.75) is 32.9 Å². The number of hydrogen-bond acceptors (Lipinski definition) is 3. The zero-order valence-electron chi connectivity index (χ0n) is 10.3. The fourth-order valence-electron chi connectivity index (χ4n) is 1.84. The van der Waals surface area contributed by atoms with Crippen LogP contribution in [0.1, 0.15) is 36.5 Å². The highest BCUT2D eigenvalue weighted by Gasteiger charge is 2.09. The number of rotatable bonds is 4. The van der Waals surface area contributed by atoms with Gasteiger partial charge in [0, 0.05) is 17.9 Å². The summed E-state index contributed by atoms with van der Waals surface area (Å²) in [5.41, 5.74) is 9.17. The zero-order valence-corrected chi connectivity index (χ0v) is 10.3. The third-order valence-corrected chi connectivity index (χ3v) is 2.84. The van der Waals surface area contributed by atoms with Gasteiger partial charge in [-0.05, 0) is 25.5 Å². The first-order valence-electron chi connectivity index (χ1n) is 5.89. The SMILES string of the molecule is CC[C@@H](N)c1cncn1Cc1cccc(C)n1. The maximum atomic E-state index is 6.04. The molecule has 0 radical (unpaired) electrons. The minimum absolute atomic E-state index is 0.0438. The lowest BCUT2D eigenvalue weighted by molar-refractivity contribution is 0.614. The second-order valence-electron chi connectivity index (χ2n) is 4.23. The van der Waals surface area contributed by atoms with Crippen molar-refractivity contribution in [3.63, 3.8) is 0 Å². The molecule has 90 valence electrons. The van der Waals surface area contributed by atoms with E-state index in [1.54, 1.807) is 0 Å². The van der Waals surface area contributed by atoms with Crippen molar-refractivity contribution in [3.8, 4) is 0 Å². The molecule has 2 N–H and O–H groups in total. The summed E-state index contributed by atoms with van der Waals surface area (Å²) in [6, 6.07) is 6.08. The van der Waals surface area contributed by atoms with Crippen LogP contribution in [0, 0.1) is 6.92 Å². The maximum absolute atomic E-state index is 6.04. The molecular formula is C13H18N4. The van der Waals surface area contributed by atoms with Crippen LogP contribution in [0.2, 0.25) is 0 Å². The maximum Gasteiger partial charge on any atom is 0.0952 e. The number of pyridine rings is 1. The van der Waals surface area contributed by atoms with Gasteiger partial charge in [-0.2, -0.15) is 0 Å². The molecule has 17 heavy (non-hydrogen) atoms. The fraction of sp³-hybridized carbons (Fsp3) is 0.385. The number of imidazole rings is 1. The Labute approximate surface area is 102 Å². The van der Waals surface area contributed by atoms with E-state index in [2.05, 4.69) is 21.5 Å². The first-order valence-corrected chi connectivity index (χ1v) is 5.89. The lowest BCUT2D eigenvalue weighted by Crippen LogP contribution is -2.15. The van der Waals surface area contributed by atoms with Gasteiger partial charge in [-0.1, -0.05) is 13.0 Å². The lowest BCUT2D eigenvalue weighted by Gasteiger charge is -2.12. The van der Waals surface area contributed by atoms with Gasteiger partial charge in [0.15, 0.2) is 0 Å². The second kappa shape index (κ2) is 5.10. The van der Waals surface area contributed by atoms with Crippen molar-refractivity contribution < 1.29 is 0 Å². The topological polar surface area (TPSA) is 56.7 Å². The van der Waals surface area contributed by atoms with Crippen molar-refractivity contribution in [1.29, 1.82) is 0 Å². The quantitative estimate of drug-likeness (QED) is 0.874. The first-order chi connectivity index (χ1) is 8.20. The molecule has 0 aromatic carbocycles. The van der Waals surface area contributed by atoms with Gasteiger partial charge in [0.25, 0.3) is 0 Å². The Morgan fingerprint density at radius 2 is 2.24 bits per heavy atom. The lowest BCUT2D eigenvalue weighted by atomic mass is 10.2. The summed E-state index contributed by atoms with van der Waals surface area (Å²) in [7, 11) is 0. The molecular weight excluding hydrogens is 212 g/mol. The second-order valence-corrected chi connectivity index (χ2v) is 4.23. The molecule has 0 saturated heterocycles.